The van der Waals surface area contributed by atoms with Crippen molar-refractivity contribution < 1.29 is 19.1 Å². The molecule has 0 unspecified atom stereocenters. The fraction of sp³-hybridized carbons (Fsp3) is 0.333. The van der Waals surface area contributed by atoms with Gasteiger partial charge in [0.15, 0.2) is 0 Å². The monoisotopic (exact) mass is 377 g/mol. The van der Waals surface area contributed by atoms with E-state index in [4.69, 9.17) is 9.52 Å². The predicted octanol–water partition coefficient (Wildman–Crippen LogP) is 3.85. The van der Waals surface area contributed by atoms with E-state index in [0.29, 0.717) is 17.1 Å². The summed E-state index contributed by atoms with van der Waals surface area (Å²) in [5.41, 5.74) is 0.837. The van der Waals surface area contributed by atoms with Crippen molar-refractivity contribution in [3.8, 4) is 0 Å². The van der Waals surface area contributed by atoms with Gasteiger partial charge < -0.3 is 14.4 Å². The molecule has 2 heterocycles. The highest BCUT2D eigenvalue weighted by Crippen LogP contribution is 2.29. The lowest BCUT2D eigenvalue weighted by Crippen LogP contribution is -2.33. The van der Waals surface area contributed by atoms with E-state index in [1.54, 1.807) is 0 Å². The molecule has 2 aromatic rings. The number of hydrogen-bond donors (Lipinski definition) is 1. The lowest BCUT2D eigenvalue weighted by Gasteiger charge is -2.21. The Morgan fingerprint density at radius 3 is 2.84 bits per heavy atom. The quantitative estimate of drug-likeness (QED) is 0.798. The van der Waals surface area contributed by atoms with Crippen LogP contribution >= 0.6 is 23.5 Å². The first kappa shape index (κ1) is 17.9. The highest BCUT2D eigenvalue weighted by atomic mass is 32.2. The van der Waals surface area contributed by atoms with Gasteiger partial charge in [0, 0.05) is 23.7 Å². The fourth-order valence-corrected chi connectivity index (χ4v) is 4.56. The summed E-state index contributed by atoms with van der Waals surface area (Å²) in [4.78, 5) is 26.8. The number of furan rings is 1. The van der Waals surface area contributed by atoms with Crippen LogP contribution in [0.15, 0.2) is 45.9 Å². The number of carbonyl (C=O) groups is 2. The largest absolute Gasteiger partial charge is 0.478 e. The van der Waals surface area contributed by atoms with E-state index < -0.39 is 5.97 Å². The summed E-state index contributed by atoms with van der Waals surface area (Å²) in [6, 6.07) is 8.93. The van der Waals surface area contributed by atoms with Crippen LogP contribution in [0, 0.1) is 0 Å². The van der Waals surface area contributed by atoms with Crippen molar-refractivity contribution in [1.82, 2.24) is 4.90 Å². The average Bonchev–Trinajstić information content (AvgIpc) is 2.93. The van der Waals surface area contributed by atoms with Crippen molar-refractivity contribution >= 4 is 35.4 Å². The Morgan fingerprint density at radius 1 is 1.16 bits per heavy atom. The van der Waals surface area contributed by atoms with E-state index in [1.165, 1.54) is 24.1 Å². The molecule has 0 aliphatic carbocycles. The molecule has 0 spiro atoms. The van der Waals surface area contributed by atoms with E-state index in [2.05, 4.69) is 0 Å². The Hall–Kier alpha value is -1.86. The third kappa shape index (κ3) is 4.41. The molecule has 0 radical (unpaired) electrons. The standard InChI is InChI=1S/C18H19NO4S2/c20-17(19-7-3-10-24-11-8-19)14-4-1-2-5-16(14)25-12-15-13(18(21)22)6-9-23-15/h1-2,4-6,9H,3,7-8,10-12H2,(H,21,22). The summed E-state index contributed by atoms with van der Waals surface area (Å²) in [5, 5.41) is 9.16. The molecule has 5 nitrogen and oxygen atoms in total. The van der Waals surface area contributed by atoms with E-state index in [9.17, 15) is 9.59 Å². The number of thioether (sulfide) groups is 2. The minimum absolute atomic E-state index is 0.0449. The molecule has 1 fully saturated rings. The van der Waals surface area contributed by atoms with Gasteiger partial charge in [0.2, 0.25) is 0 Å². The predicted molar refractivity (Wildman–Crippen MR) is 99.5 cm³/mol. The van der Waals surface area contributed by atoms with Crippen LogP contribution < -0.4 is 0 Å². The third-order valence-electron chi connectivity index (χ3n) is 3.96. The molecular weight excluding hydrogens is 358 g/mol. The van der Waals surface area contributed by atoms with Crippen LogP contribution in [-0.4, -0.2) is 46.5 Å². The highest BCUT2D eigenvalue weighted by Gasteiger charge is 2.21. The maximum Gasteiger partial charge on any atom is 0.339 e. The van der Waals surface area contributed by atoms with E-state index in [1.807, 2.05) is 40.9 Å². The van der Waals surface area contributed by atoms with Crippen molar-refractivity contribution in [1.29, 1.82) is 0 Å². The van der Waals surface area contributed by atoms with Gasteiger partial charge in [-0.3, -0.25) is 4.79 Å². The molecule has 1 aliphatic rings. The molecule has 0 saturated carbocycles. The van der Waals surface area contributed by atoms with Crippen LogP contribution in [0.5, 0.6) is 0 Å². The fourth-order valence-electron chi connectivity index (χ4n) is 2.67. The number of rotatable bonds is 5. The molecule has 132 valence electrons. The van der Waals surface area contributed by atoms with Crippen LogP contribution in [-0.2, 0) is 5.75 Å². The number of amides is 1. The number of aromatic carboxylic acids is 1. The van der Waals surface area contributed by atoms with Gasteiger partial charge in [0.1, 0.15) is 11.3 Å². The molecule has 1 N–H and O–H groups in total. The maximum atomic E-state index is 12.9. The highest BCUT2D eigenvalue weighted by molar-refractivity contribution is 7.99. The Morgan fingerprint density at radius 2 is 2.00 bits per heavy atom. The summed E-state index contributed by atoms with van der Waals surface area (Å²) in [6.07, 6.45) is 2.39. The summed E-state index contributed by atoms with van der Waals surface area (Å²) < 4.78 is 5.28. The Kier molecular flexibility index (Phi) is 6.09. The van der Waals surface area contributed by atoms with E-state index in [-0.39, 0.29) is 11.5 Å². The SMILES string of the molecule is O=C(O)c1ccoc1CSc1ccccc1C(=O)N1CCCSCC1. The maximum absolute atomic E-state index is 12.9. The second-order valence-corrected chi connectivity index (χ2v) is 7.85. The van der Waals surface area contributed by atoms with Crippen LogP contribution in [0.1, 0.15) is 32.9 Å². The molecular formula is C18H19NO4S2. The van der Waals surface area contributed by atoms with Gasteiger partial charge in [-0.25, -0.2) is 4.79 Å². The molecule has 1 aliphatic heterocycles. The van der Waals surface area contributed by atoms with Crippen LogP contribution in [0.3, 0.4) is 0 Å². The van der Waals surface area contributed by atoms with Crippen molar-refractivity contribution in [2.75, 3.05) is 24.6 Å². The van der Waals surface area contributed by atoms with E-state index >= 15 is 0 Å². The molecule has 1 aromatic heterocycles. The van der Waals surface area contributed by atoms with Crippen LogP contribution in [0.2, 0.25) is 0 Å². The van der Waals surface area contributed by atoms with Gasteiger partial charge in [0.05, 0.1) is 17.6 Å². The van der Waals surface area contributed by atoms with Gasteiger partial charge in [-0.15, -0.1) is 11.8 Å². The number of carboxylic acid groups (broad SMARTS) is 1. The zero-order valence-corrected chi connectivity index (χ0v) is 15.3. The van der Waals surface area contributed by atoms with Crippen molar-refractivity contribution in [2.45, 2.75) is 17.1 Å². The topological polar surface area (TPSA) is 70.7 Å². The zero-order valence-electron chi connectivity index (χ0n) is 13.6. The third-order valence-corrected chi connectivity index (χ3v) is 6.08. The molecule has 1 aromatic carbocycles. The molecule has 1 amide bonds. The molecule has 25 heavy (non-hydrogen) atoms. The van der Waals surface area contributed by atoms with Crippen LogP contribution in [0.25, 0.3) is 0 Å². The summed E-state index contributed by atoms with van der Waals surface area (Å²) in [7, 11) is 0. The number of benzene rings is 1. The second kappa shape index (κ2) is 8.49. The molecule has 0 bridgehead atoms. The van der Waals surface area contributed by atoms with Crippen LogP contribution in [0.4, 0.5) is 0 Å². The van der Waals surface area contributed by atoms with Gasteiger partial charge in [-0.05, 0) is 30.4 Å². The summed E-state index contributed by atoms with van der Waals surface area (Å²) in [5.74, 6) is 1.88. The molecule has 7 heteroatoms. The number of carbonyl (C=O) groups excluding carboxylic acids is 1. The first-order valence-corrected chi connectivity index (χ1v) is 10.2. The second-order valence-electron chi connectivity index (χ2n) is 5.61. The first-order chi connectivity index (χ1) is 12.2. The van der Waals surface area contributed by atoms with E-state index in [0.717, 1.165) is 35.9 Å². The molecule has 0 atom stereocenters. The molecule has 3 rings (SSSR count). The Bertz CT molecular complexity index is 751. The van der Waals surface area contributed by atoms with Crippen molar-refractivity contribution in [2.24, 2.45) is 0 Å². The summed E-state index contributed by atoms with van der Waals surface area (Å²) >= 11 is 3.31. The average molecular weight is 377 g/mol. The summed E-state index contributed by atoms with van der Waals surface area (Å²) in [6.45, 7) is 1.55. The van der Waals surface area contributed by atoms with Gasteiger partial charge >= 0.3 is 5.97 Å². The number of carboxylic acids is 1. The number of nitrogens with zero attached hydrogens (tertiary/aromatic N) is 1. The zero-order chi connectivity index (χ0) is 17.6. The van der Waals surface area contributed by atoms with Crippen molar-refractivity contribution in [3.05, 3.63) is 53.5 Å². The smallest absolute Gasteiger partial charge is 0.339 e. The normalized spacial score (nSPS) is 15.0. The van der Waals surface area contributed by atoms with Crippen molar-refractivity contribution in [3.63, 3.8) is 0 Å². The Labute approximate surface area is 154 Å². The van der Waals surface area contributed by atoms with Gasteiger partial charge in [0.25, 0.3) is 5.91 Å². The lowest BCUT2D eigenvalue weighted by atomic mass is 10.2. The Balaban J connectivity index is 1.75. The molecule has 1 saturated heterocycles. The lowest BCUT2D eigenvalue weighted by molar-refractivity contribution is 0.0693. The first-order valence-electron chi connectivity index (χ1n) is 8.05. The van der Waals surface area contributed by atoms with Gasteiger partial charge in [-0.2, -0.15) is 11.8 Å². The number of hydrogen-bond acceptors (Lipinski definition) is 5. The minimum atomic E-state index is -1.00. The van der Waals surface area contributed by atoms with Gasteiger partial charge in [-0.1, -0.05) is 12.1 Å². The minimum Gasteiger partial charge on any atom is -0.478 e.